The lowest BCUT2D eigenvalue weighted by Gasteiger charge is -1.94. The topological polar surface area (TPSA) is 0 Å². The highest BCUT2D eigenvalue weighted by atomic mass is 79.9. The fourth-order valence-electron chi connectivity index (χ4n) is 0.844. The first-order valence-electron chi connectivity index (χ1n) is 2.84. The van der Waals surface area contributed by atoms with Crippen LogP contribution in [-0.4, -0.2) is 0 Å². The largest absolute Gasteiger partial charge is 0.0557 e. The first-order valence-corrected chi connectivity index (χ1v) is 3.64. The van der Waals surface area contributed by atoms with Crippen molar-refractivity contribution in [1.29, 1.82) is 0 Å². The molecule has 0 aliphatic heterocycles. The molecule has 0 heterocycles. The Morgan fingerprint density at radius 2 is 2.00 bits per heavy atom. The Morgan fingerprint density at radius 1 is 1.33 bits per heavy atom. The fourth-order valence-corrected chi connectivity index (χ4v) is 1.52. The zero-order valence-electron chi connectivity index (χ0n) is 5.53. The zero-order valence-corrected chi connectivity index (χ0v) is 7.12. The van der Waals surface area contributed by atoms with E-state index in [-0.39, 0.29) is 0 Å². The second kappa shape index (κ2) is 2.53. The Hall–Kier alpha value is -0.300. The summed E-state index contributed by atoms with van der Waals surface area (Å²) in [6.45, 7) is 4.11. The molecule has 0 atom stereocenters. The number of hydrogen-bond donors (Lipinski definition) is 0. The van der Waals surface area contributed by atoms with Crippen molar-refractivity contribution in [3.05, 3.63) is 33.8 Å². The number of halogens is 1. The molecule has 0 N–H and O–H groups in total. The molecule has 0 unspecified atom stereocenters. The minimum absolute atomic E-state index is 1.04. The van der Waals surface area contributed by atoms with E-state index in [0.29, 0.717) is 0 Å². The minimum atomic E-state index is 1.04. The van der Waals surface area contributed by atoms with Crippen LogP contribution in [0.15, 0.2) is 16.6 Å². The highest BCUT2D eigenvalue weighted by Gasteiger charge is 1.89. The van der Waals surface area contributed by atoms with Gasteiger partial charge in [0.25, 0.3) is 0 Å². The summed E-state index contributed by atoms with van der Waals surface area (Å²) in [5.41, 5.74) is 2.46. The predicted octanol–water partition coefficient (Wildman–Crippen LogP) is 2.87. The molecule has 9 heavy (non-hydrogen) atoms. The van der Waals surface area contributed by atoms with E-state index in [4.69, 9.17) is 0 Å². The average Bonchev–Trinajstić information content (AvgIpc) is 1.59. The number of benzene rings is 1. The van der Waals surface area contributed by atoms with Crippen LogP contribution in [0.2, 0.25) is 0 Å². The van der Waals surface area contributed by atoms with Crippen molar-refractivity contribution in [2.75, 3.05) is 0 Å². The number of rotatable bonds is 0. The van der Waals surface area contributed by atoms with Gasteiger partial charge in [-0.1, -0.05) is 22.0 Å². The summed E-state index contributed by atoms with van der Waals surface area (Å²) in [4.78, 5) is 0. The van der Waals surface area contributed by atoms with Gasteiger partial charge in [0.2, 0.25) is 0 Å². The molecular formula is C8H8Br. The molecule has 1 rings (SSSR count). The van der Waals surface area contributed by atoms with E-state index in [1.165, 1.54) is 11.1 Å². The third-order valence-electron chi connectivity index (χ3n) is 1.12. The van der Waals surface area contributed by atoms with E-state index in [2.05, 4.69) is 35.0 Å². The molecule has 0 fully saturated rings. The maximum absolute atomic E-state index is 3.36. The molecule has 1 heteroatoms. The summed E-state index contributed by atoms with van der Waals surface area (Å²) in [6, 6.07) is 7.28. The first kappa shape index (κ1) is 6.81. The predicted molar refractivity (Wildman–Crippen MR) is 42.5 cm³/mol. The molecule has 0 aromatic heterocycles. The summed E-state index contributed by atoms with van der Waals surface area (Å²) in [7, 11) is 0. The maximum Gasteiger partial charge on any atom is 0.0259 e. The number of aryl methyl sites for hydroxylation is 2. The molecule has 1 aromatic carbocycles. The van der Waals surface area contributed by atoms with Crippen molar-refractivity contribution in [2.45, 2.75) is 13.8 Å². The van der Waals surface area contributed by atoms with Crippen LogP contribution < -0.4 is 0 Å². The van der Waals surface area contributed by atoms with Crippen molar-refractivity contribution in [3.63, 3.8) is 0 Å². The van der Waals surface area contributed by atoms with Crippen LogP contribution in [0.3, 0.4) is 0 Å². The van der Waals surface area contributed by atoms with Crippen LogP contribution in [0.1, 0.15) is 11.1 Å². The zero-order chi connectivity index (χ0) is 6.85. The van der Waals surface area contributed by atoms with Gasteiger partial charge in [-0.05, 0) is 31.0 Å². The van der Waals surface area contributed by atoms with E-state index in [0.717, 1.165) is 4.47 Å². The lowest BCUT2D eigenvalue weighted by Crippen LogP contribution is -1.75. The molecule has 1 radical (unpaired) electrons. The van der Waals surface area contributed by atoms with Crippen molar-refractivity contribution < 1.29 is 0 Å². The van der Waals surface area contributed by atoms with E-state index in [1.807, 2.05) is 13.0 Å². The Labute approximate surface area is 64.0 Å². The van der Waals surface area contributed by atoms with Crippen molar-refractivity contribution in [1.82, 2.24) is 0 Å². The molecule has 0 saturated carbocycles. The molecule has 1 aromatic rings. The molecule has 0 bridgehead atoms. The summed E-state index contributed by atoms with van der Waals surface area (Å²) >= 11 is 3.36. The van der Waals surface area contributed by atoms with Crippen LogP contribution in [0, 0.1) is 19.9 Å². The molecule has 0 aliphatic rings. The van der Waals surface area contributed by atoms with Crippen LogP contribution in [0.25, 0.3) is 0 Å². The SMILES string of the molecule is Cc1[c]c(Br)cc(C)c1. The fraction of sp³-hybridized carbons (Fsp3) is 0.250. The number of hydrogen-bond acceptors (Lipinski definition) is 0. The molecule has 0 saturated heterocycles. The van der Waals surface area contributed by atoms with Gasteiger partial charge in [-0.25, -0.2) is 0 Å². The summed E-state index contributed by atoms with van der Waals surface area (Å²) in [5.74, 6) is 0. The third kappa shape index (κ3) is 1.83. The van der Waals surface area contributed by atoms with Crippen LogP contribution in [0.4, 0.5) is 0 Å². The quantitative estimate of drug-likeness (QED) is 0.581. The molecular weight excluding hydrogens is 176 g/mol. The van der Waals surface area contributed by atoms with Crippen LogP contribution in [-0.2, 0) is 0 Å². The second-order valence-corrected chi connectivity index (χ2v) is 3.04. The van der Waals surface area contributed by atoms with Gasteiger partial charge in [-0.15, -0.1) is 0 Å². The normalized spacial score (nSPS) is 9.67. The van der Waals surface area contributed by atoms with E-state index in [1.54, 1.807) is 0 Å². The van der Waals surface area contributed by atoms with Gasteiger partial charge in [0.05, 0.1) is 0 Å². The minimum Gasteiger partial charge on any atom is -0.0557 e. The van der Waals surface area contributed by atoms with E-state index < -0.39 is 0 Å². The van der Waals surface area contributed by atoms with Gasteiger partial charge in [-0.3, -0.25) is 0 Å². The third-order valence-corrected chi connectivity index (χ3v) is 1.54. The molecule has 0 amide bonds. The summed E-state index contributed by atoms with van der Waals surface area (Å²) < 4.78 is 1.04. The Morgan fingerprint density at radius 3 is 2.44 bits per heavy atom. The molecule has 0 aliphatic carbocycles. The van der Waals surface area contributed by atoms with Crippen molar-refractivity contribution in [2.24, 2.45) is 0 Å². The first-order chi connectivity index (χ1) is 4.18. The smallest absolute Gasteiger partial charge is 0.0259 e. The van der Waals surface area contributed by atoms with E-state index in [9.17, 15) is 0 Å². The van der Waals surface area contributed by atoms with Crippen LogP contribution >= 0.6 is 15.9 Å². The Kier molecular flexibility index (Phi) is 1.91. The second-order valence-electron chi connectivity index (χ2n) is 2.19. The van der Waals surface area contributed by atoms with E-state index >= 15 is 0 Å². The van der Waals surface area contributed by atoms with Crippen molar-refractivity contribution >= 4 is 15.9 Å². The van der Waals surface area contributed by atoms with Gasteiger partial charge in [0, 0.05) is 10.5 Å². The lowest BCUT2D eigenvalue weighted by molar-refractivity contribution is 1.36. The highest BCUT2D eigenvalue weighted by molar-refractivity contribution is 9.10. The maximum atomic E-state index is 3.36. The Bertz CT molecular complexity index is 165. The standard InChI is InChI=1S/C8H8Br/c1-6-3-7(2)5-8(9)4-6/h3-4H,1-2H3. The average molecular weight is 184 g/mol. The molecule has 47 valence electrons. The summed E-state index contributed by atoms with van der Waals surface area (Å²) in [6.07, 6.45) is 0. The van der Waals surface area contributed by atoms with Gasteiger partial charge in [0.1, 0.15) is 0 Å². The van der Waals surface area contributed by atoms with Crippen molar-refractivity contribution in [3.8, 4) is 0 Å². The molecule has 0 spiro atoms. The van der Waals surface area contributed by atoms with Crippen LogP contribution in [0.5, 0.6) is 0 Å². The van der Waals surface area contributed by atoms with Gasteiger partial charge in [-0.2, -0.15) is 0 Å². The monoisotopic (exact) mass is 183 g/mol. The van der Waals surface area contributed by atoms with Gasteiger partial charge < -0.3 is 0 Å². The highest BCUT2D eigenvalue weighted by Crippen LogP contribution is 2.12. The summed E-state index contributed by atoms with van der Waals surface area (Å²) in [5, 5.41) is 0. The van der Waals surface area contributed by atoms with Gasteiger partial charge >= 0.3 is 0 Å². The molecule has 0 nitrogen and oxygen atoms in total. The lowest BCUT2D eigenvalue weighted by atomic mass is 10.2. The van der Waals surface area contributed by atoms with Gasteiger partial charge in [0.15, 0.2) is 0 Å². The Balaban J connectivity index is 3.17.